The van der Waals surface area contributed by atoms with Crippen LogP contribution in [0.1, 0.15) is 26.7 Å². The third-order valence-electron chi connectivity index (χ3n) is 4.23. The fourth-order valence-corrected chi connectivity index (χ4v) is 2.44. The Morgan fingerprint density at radius 1 is 1.30 bits per heavy atom. The molecule has 0 aromatic heterocycles. The van der Waals surface area contributed by atoms with E-state index in [1.165, 1.54) is 0 Å². The van der Waals surface area contributed by atoms with Crippen LogP contribution < -0.4 is 25.3 Å². The number of nitrogens with one attached hydrogen (secondary N) is 1. The molecule has 1 aliphatic rings. The molecule has 7 heteroatoms. The Morgan fingerprint density at radius 2 is 2.00 bits per heavy atom. The first-order chi connectivity index (χ1) is 10.6. The molecular formula is C16H25ClN2O4. The zero-order valence-corrected chi connectivity index (χ0v) is 14.4. The van der Waals surface area contributed by atoms with Crippen molar-refractivity contribution < 1.29 is 19.0 Å². The standard InChI is InChI=1S/C16H24N2O4.ClH/c1-3-16(4-2,10-17)15(19)18-7-8-20-12-5-6-13-14(9-12)22-11-21-13;/h5-6,9H,3-4,7-8,10-11,17H2,1-2H3,(H,18,19);1H. The van der Waals surface area contributed by atoms with Gasteiger partial charge in [-0.05, 0) is 25.0 Å². The first-order valence-electron chi connectivity index (χ1n) is 7.66. The van der Waals surface area contributed by atoms with E-state index in [0.29, 0.717) is 31.2 Å². The lowest BCUT2D eigenvalue weighted by Gasteiger charge is -2.28. The highest BCUT2D eigenvalue weighted by Crippen LogP contribution is 2.35. The second-order valence-corrected chi connectivity index (χ2v) is 5.31. The molecule has 0 saturated heterocycles. The molecule has 1 heterocycles. The van der Waals surface area contributed by atoms with Crippen LogP contribution in [-0.4, -0.2) is 32.4 Å². The number of hydrogen-bond acceptors (Lipinski definition) is 5. The van der Waals surface area contributed by atoms with Crippen LogP contribution in [0.3, 0.4) is 0 Å². The normalized spacial score (nSPS) is 12.5. The summed E-state index contributed by atoms with van der Waals surface area (Å²) < 4.78 is 16.1. The minimum atomic E-state index is -0.473. The Labute approximate surface area is 143 Å². The lowest BCUT2D eigenvalue weighted by molar-refractivity contribution is -0.131. The minimum absolute atomic E-state index is 0. The predicted octanol–water partition coefficient (Wildman–Crippen LogP) is 2.10. The number of benzene rings is 1. The van der Waals surface area contributed by atoms with E-state index in [9.17, 15) is 4.79 Å². The zero-order chi connectivity index (χ0) is 16.0. The first kappa shape index (κ1) is 19.4. The average molecular weight is 345 g/mol. The molecule has 1 amide bonds. The topological polar surface area (TPSA) is 82.8 Å². The van der Waals surface area contributed by atoms with Crippen LogP contribution in [0.5, 0.6) is 17.2 Å². The van der Waals surface area contributed by atoms with Gasteiger partial charge in [0.05, 0.1) is 12.0 Å². The molecule has 6 nitrogen and oxygen atoms in total. The molecule has 1 aliphatic heterocycles. The molecule has 3 N–H and O–H groups in total. The summed E-state index contributed by atoms with van der Waals surface area (Å²) in [6.45, 7) is 5.39. The maximum Gasteiger partial charge on any atom is 0.231 e. The zero-order valence-electron chi connectivity index (χ0n) is 13.6. The van der Waals surface area contributed by atoms with E-state index in [-0.39, 0.29) is 25.1 Å². The van der Waals surface area contributed by atoms with Gasteiger partial charge in [-0.1, -0.05) is 13.8 Å². The van der Waals surface area contributed by atoms with E-state index in [2.05, 4.69) is 5.32 Å². The third-order valence-corrected chi connectivity index (χ3v) is 4.23. The summed E-state index contributed by atoms with van der Waals surface area (Å²) >= 11 is 0. The Bertz CT molecular complexity index is 513. The lowest BCUT2D eigenvalue weighted by atomic mass is 9.81. The molecule has 0 bridgehead atoms. The molecule has 0 aliphatic carbocycles. The number of carbonyl (C=O) groups excluding carboxylic acids is 1. The number of halogens is 1. The molecule has 0 spiro atoms. The van der Waals surface area contributed by atoms with Crippen molar-refractivity contribution in [2.45, 2.75) is 26.7 Å². The van der Waals surface area contributed by atoms with Crippen LogP contribution in [0, 0.1) is 5.41 Å². The Morgan fingerprint density at radius 3 is 2.65 bits per heavy atom. The number of hydrogen-bond donors (Lipinski definition) is 2. The Hall–Kier alpha value is -1.66. The van der Waals surface area contributed by atoms with Crippen molar-refractivity contribution in [3.05, 3.63) is 18.2 Å². The molecule has 0 fully saturated rings. The summed E-state index contributed by atoms with van der Waals surface area (Å²) in [7, 11) is 0. The van der Waals surface area contributed by atoms with E-state index in [1.54, 1.807) is 6.07 Å². The molecule has 130 valence electrons. The number of rotatable bonds is 8. The van der Waals surface area contributed by atoms with Gasteiger partial charge in [0.15, 0.2) is 11.5 Å². The van der Waals surface area contributed by atoms with Gasteiger partial charge in [0.1, 0.15) is 12.4 Å². The molecule has 1 aromatic rings. The van der Waals surface area contributed by atoms with Crippen LogP contribution in [0.2, 0.25) is 0 Å². The third kappa shape index (κ3) is 4.42. The second-order valence-electron chi connectivity index (χ2n) is 5.31. The van der Waals surface area contributed by atoms with Gasteiger partial charge in [-0.25, -0.2) is 0 Å². The molecule has 0 atom stereocenters. The smallest absolute Gasteiger partial charge is 0.231 e. The van der Waals surface area contributed by atoms with Crippen LogP contribution in [0.25, 0.3) is 0 Å². The predicted molar refractivity (Wildman–Crippen MR) is 90.4 cm³/mol. The summed E-state index contributed by atoms with van der Waals surface area (Å²) in [5.41, 5.74) is 5.29. The van der Waals surface area contributed by atoms with E-state index in [1.807, 2.05) is 26.0 Å². The maximum atomic E-state index is 12.2. The van der Waals surface area contributed by atoms with Gasteiger partial charge in [0.2, 0.25) is 12.7 Å². The summed E-state index contributed by atoms with van der Waals surface area (Å²) in [5, 5.41) is 2.90. The van der Waals surface area contributed by atoms with Gasteiger partial charge in [0.25, 0.3) is 0 Å². The first-order valence-corrected chi connectivity index (χ1v) is 7.66. The summed E-state index contributed by atoms with van der Waals surface area (Å²) in [5.74, 6) is 2.09. The highest BCUT2D eigenvalue weighted by atomic mass is 35.5. The number of ether oxygens (including phenoxy) is 3. The van der Waals surface area contributed by atoms with Crippen LogP contribution >= 0.6 is 12.4 Å². The fourth-order valence-electron chi connectivity index (χ4n) is 2.44. The highest BCUT2D eigenvalue weighted by Gasteiger charge is 2.32. The van der Waals surface area contributed by atoms with Crippen LogP contribution in [0.15, 0.2) is 18.2 Å². The van der Waals surface area contributed by atoms with Crippen LogP contribution in [0.4, 0.5) is 0 Å². The van der Waals surface area contributed by atoms with E-state index < -0.39 is 5.41 Å². The van der Waals surface area contributed by atoms with Gasteiger partial charge in [-0.15, -0.1) is 12.4 Å². The quantitative estimate of drug-likeness (QED) is 0.706. The van der Waals surface area contributed by atoms with E-state index >= 15 is 0 Å². The molecule has 2 rings (SSSR count). The SMILES string of the molecule is CCC(CC)(CN)C(=O)NCCOc1ccc2c(c1)OCO2.Cl. The number of fused-ring (bicyclic) bond motifs is 1. The number of nitrogens with two attached hydrogens (primary N) is 1. The van der Waals surface area contributed by atoms with E-state index in [0.717, 1.165) is 18.6 Å². The van der Waals surface area contributed by atoms with Crippen molar-refractivity contribution in [2.75, 3.05) is 26.5 Å². The van der Waals surface area contributed by atoms with Crippen molar-refractivity contribution in [1.29, 1.82) is 0 Å². The van der Waals surface area contributed by atoms with Crippen molar-refractivity contribution in [3.8, 4) is 17.2 Å². The highest BCUT2D eigenvalue weighted by molar-refractivity contribution is 5.85. The van der Waals surface area contributed by atoms with Crippen molar-refractivity contribution in [1.82, 2.24) is 5.32 Å². The largest absolute Gasteiger partial charge is 0.492 e. The molecule has 0 unspecified atom stereocenters. The summed E-state index contributed by atoms with van der Waals surface area (Å²) in [4.78, 5) is 12.2. The summed E-state index contributed by atoms with van der Waals surface area (Å²) in [6.07, 6.45) is 1.46. The molecular weight excluding hydrogens is 320 g/mol. The minimum Gasteiger partial charge on any atom is -0.492 e. The van der Waals surface area contributed by atoms with Crippen LogP contribution in [-0.2, 0) is 4.79 Å². The fraction of sp³-hybridized carbons (Fsp3) is 0.562. The second kappa shape index (κ2) is 8.84. The van der Waals surface area contributed by atoms with Crippen molar-refractivity contribution in [3.63, 3.8) is 0 Å². The van der Waals surface area contributed by atoms with Crippen molar-refractivity contribution >= 4 is 18.3 Å². The van der Waals surface area contributed by atoms with Gasteiger partial charge in [-0.3, -0.25) is 4.79 Å². The molecule has 1 aromatic carbocycles. The molecule has 0 saturated carbocycles. The number of carbonyl (C=O) groups is 1. The van der Waals surface area contributed by atoms with Gasteiger partial charge in [0, 0.05) is 12.6 Å². The van der Waals surface area contributed by atoms with Gasteiger partial charge in [-0.2, -0.15) is 0 Å². The molecule has 23 heavy (non-hydrogen) atoms. The van der Waals surface area contributed by atoms with Gasteiger partial charge >= 0.3 is 0 Å². The summed E-state index contributed by atoms with van der Waals surface area (Å²) in [6, 6.07) is 5.41. The average Bonchev–Trinajstić information content (AvgIpc) is 3.01. The van der Waals surface area contributed by atoms with Gasteiger partial charge < -0.3 is 25.3 Å². The lowest BCUT2D eigenvalue weighted by Crippen LogP contribution is -2.46. The van der Waals surface area contributed by atoms with E-state index in [4.69, 9.17) is 19.9 Å². The van der Waals surface area contributed by atoms with Crippen molar-refractivity contribution in [2.24, 2.45) is 11.1 Å². The number of amides is 1. The Kier molecular flexibility index (Phi) is 7.45. The monoisotopic (exact) mass is 344 g/mol. The Balaban J connectivity index is 0.00000264. The molecule has 0 radical (unpaired) electrons. The maximum absolute atomic E-state index is 12.2.